The van der Waals surface area contributed by atoms with Crippen molar-refractivity contribution in [1.29, 1.82) is 0 Å². The van der Waals surface area contributed by atoms with E-state index in [4.69, 9.17) is 4.52 Å². The van der Waals surface area contributed by atoms with Gasteiger partial charge in [0.05, 0.1) is 24.2 Å². The van der Waals surface area contributed by atoms with Crippen LogP contribution in [-0.4, -0.2) is 46.8 Å². The van der Waals surface area contributed by atoms with Crippen LogP contribution >= 0.6 is 0 Å². The largest absolute Gasteiger partial charge is 0.361 e. The van der Waals surface area contributed by atoms with Crippen molar-refractivity contribution in [2.45, 2.75) is 33.4 Å². The van der Waals surface area contributed by atoms with Gasteiger partial charge in [-0.3, -0.25) is 9.89 Å². The van der Waals surface area contributed by atoms with Crippen LogP contribution in [0.25, 0.3) is 0 Å². The second kappa shape index (κ2) is 6.02. The average Bonchev–Trinajstić information content (AvgIpc) is 3.07. The topological polar surface area (TPSA) is 121 Å². The van der Waals surface area contributed by atoms with Crippen molar-refractivity contribution >= 4 is 15.9 Å². The van der Waals surface area contributed by atoms with Crippen LogP contribution in [0.3, 0.4) is 0 Å². The summed E-state index contributed by atoms with van der Waals surface area (Å²) in [6.07, 6.45) is 1.62. The van der Waals surface area contributed by atoms with Crippen molar-refractivity contribution in [2.24, 2.45) is 0 Å². The summed E-state index contributed by atoms with van der Waals surface area (Å²) in [6.45, 7) is 4.46. The van der Waals surface area contributed by atoms with Gasteiger partial charge in [0.2, 0.25) is 10.0 Å². The quantitative estimate of drug-likeness (QED) is 0.813. The molecule has 0 bridgehead atoms. The van der Waals surface area contributed by atoms with Gasteiger partial charge in [0, 0.05) is 24.2 Å². The highest BCUT2D eigenvalue weighted by Crippen LogP contribution is 2.22. The third kappa shape index (κ3) is 3.06. The molecule has 2 aromatic rings. The van der Waals surface area contributed by atoms with Crippen molar-refractivity contribution in [3.05, 3.63) is 34.0 Å². The summed E-state index contributed by atoms with van der Waals surface area (Å²) in [4.78, 5) is 12.4. The number of aromatic amines is 1. The number of nitrogens with zero attached hydrogens (tertiary/aromatic N) is 3. The number of hydrogen-bond donors (Lipinski definition) is 2. The van der Waals surface area contributed by atoms with Gasteiger partial charge in [-0.15, -0.1) is 0 Å². The molecule has 3 rings (SSSR count). The predicted molar refractivity (Wildman–Crippen MR) is 84.7 cm³/mol. The van der Waals surface area contributed by atoms with E-state index in [2.05, 4.69) is 20.7 Å². The molecule has 0 aliphatic carbocycles. The van der Waals surface area contributed by atoms with E-state index in [-0.39, 0.29) is 12.5 Å². The first-order valence-corrected chi connectivity index (χ1v) is 9.33. The molecule has 0 saturated carbocycles. The summed E-state index contributed by atoms with van der Waals surface area (Å²) < 4.78 is 29.7. The van der Waals surface area contributed by atoms with Gasteiger partial charge in [0.15, 0.2) is 5.69 Å². The maximum Gasteiger partial charge on any atom is 0.272 e. The molecule has 10 heteroatoms. The number of amides is 1. The molecule has 0 aromatic carbocycles. The molecule has 3 heterocycles. The van der Waals surface area contributed by atoms with E-state index in [0.29, 0.717) is 36.7 Å². The van der Waals surface area contributed by atoms with Crippen LogP contribution in [0.15, 0.2) is 4.52 Å². The Bertz CT molecular complexity index is 864. The second-order valence-electron chi connectivity index (χ2n) is 5.86. The summed E-state index contributed by atoms with van der Waals surface area (Å²) in [5.74, 6) is 0.362. The van der Waals surface area contributed by atoms with Crippen LogP contribution in [0.2, 0.25) is 0 Å². The number of carbonyl (C=O) groups excluding carboxylic acids is 1. The molecule has 0 saturated heterocycles. The molecule has 2 aromatic heterocycles. The minimum Gasteiger partial charge on any atom is -0.361 e. The fourth-order valence-corrected chi connectivity index (χ4v) is 3.56. The van der Waals surface area contributed by atoms with E-state index >= 15 is 0 Å². The van der Waals surface area contributed by atoms with Crippen LogP contribution in [0.4, 0.5) is 0 Å². The van der Waals surface area contributed by atoms with Crippen molar-refractivity contribution in [1.82, 2.24) is 25.0 Å². The normalized spacial score (nSPS) is 15.3. The van der Waals surface area contributed by atoms with Gasteiger partial charge in [-0.1, -0.05) is 5.16 Å². The first-order chi connectivity index (χ1) is 11.3. The lowest BCUT2D eigenvalue weighted by molar-refractivity contribution is 0.0944. The molecule has 1 amide bonds. The van der Waals surface area contributed by atoms with Gasteiger partial charge >= 0.3 is 0 Å². The first kappa shape index (κ1) is 16.7. The Balaban J connectivity index is 1.73. The first-order valence-electron chi connectivity index (χ1n) is 7.48. The number of sulfonamides is 1. The molecule has 24 heavy (non-hydrogen) atoms. The lowest BCUT2D eigenvalue weighted by atomic mass is 10.1. The molecular weight excluding hydrogens is 334 g/mol. The number of H-pyrrole nitrogens is 1. The third-order valence-electron chi connectivity index (χ3n) is 4.19. The maximum atomic E-state index is 12.4. The number of aryl methyl sites for hydroxylation is 2. The average molecular weight is 353 g/mol. The second-order valence-corrected chi connectivity index (χ2v) is 7.84. The molecule has 0 atom stereocenters. The molecule has 0 spiro atoms. The van der Waals surface area contributed by atoms with Crippen molar-refractivity contribution < 1.29 is 17.7 Å². The van der Waals surface area contributed by atoms with Gasteiger partial charge < -0.3 is 9.84 Å². The molecular formula is C14H19N5O4S. The van der Waals surface area contributed by atoms with Crippen LogP contribution in [0, 0.1) is 13.8 Å². The number of fused-ring (bicyclic) bond motifs is 1. The Morgan fingerprint density at radius 2 is 2.17 bits per heavy atom. The zero-order chi connectivity index (χ0) is 17.5. The van der Waals surface area contributed by atoms with Crippen LogP contribution in [0.5, 0.6) is 0 Å². The fraction of sp³-hybridized carbons (Fsp3) is 0.500. The summed E-state index contributed by atoms with van der Waals surface area (Å²) >= 11 is 0. The smallest absolute Gasteiger partial charge is 0.272 e. The van der Waals surface area contributed by atoms with Crippen LogP contribution in [-0.2, 0) is 29.5 Å². The number of nitrogens with one attached hydrogen (secondary N) is 2. The monoisotopic (exact) mass is 353 g/mol. The molecule has 130 valence electrons. The highest BCUT2D eigenvalue weighted by molar-refractivity contribution is 7.88. The summed E-state index contributed by atoms with van der Waals surface area (Å²) in [6, 6.07) is 0. The van der Waals surface area contributed by atoms with Gasteiger partial charge in [0.25, 0.3) is 5.91 Å². The summed E-state index contributed by atoms with van der Waals surface area (Å²) in [5, 5.41) is 13.5. The summed E-state index contributed by atoms with van der Waals surface area (Å²) in [7, 11) is -3.26. The van der Waals surface area contributed by atoms with Crippen molar-refractivity contribution in [3.8, 4) is 0 Å². The van der Waals surface area contributed by atoms with E-state index in [0.717, 1.165) is 16.8 Å². The van der Waals surface area contributed by atoms with E-state index < -0.39 is 10.0 Å². The lowest BCUT2D eigenvalue weighted by Crippen LogP contribution is -2.35. The predicted octanol–water partition coefficient (Wildman–Crippen LogP) is 0.262. The fourth-order valence-electron chi connectivity index (χ4n) is 2.77. The third-order valence-corrected chi connectivity index (χ3v) is 5.44. The Morgan fingerprint density at radius 3 is 2.79 bits per heavy atom. The number of carbonyl (C=O) groups is 1. The molecule has 1 aliphatic heterocycles. The number of rotatable bonds is 4. The van der Waals surface area contributed by atoms with Crippen LogP contribution < -0.4 is 5.32 Å². The molecule has 0 unspecified atom stereocenters. The van der Waals surface area contributed by atoms with E-state index in [9.17, 15) is 13.2 Å². The van der Waals surface area contributed by atoms with Crippen LogP contribution in [0.1, 0.15) is 38.8 Å². The Morgan fingerprint density at radius 1 is 1.42 bits per heavy atom. The minimum atomic E-state index is -3.26. The minimum absolute atomic E-state index is 0.207. The summed E-state index contributed by atoms with van der Waals surface area (Å²) in [5.41, 5.74) is 3.32. The maximum absolute atomic E-state index is 12.4. The van der Waals surface area contributed by atoms with E-state index in [1.54, 1.807) is 6.92 Å². The molecule has 9 nitrogen and oxygen atoms in total. The SMILES string of the molecule is Cc1noc(C)c1CNC(=O)c1n[nH]c2c1CCN(S(C)(=O)=O)C2. The lowest BCUT2D eigenvalue weighted by Gasteiger charge is -2.24. The standard InChI is InChI=1S/C14H19N5O4S/c1-8-11(9(2)23-18-8)6-15-14(20)13-10-4-5-19(24(3,21)22)7-12(10)16-17-13/h4-7H2,1-3H3,(H,15,20)(H,16,17). The Kier molecular flexibility index (Phi) is 4.18. The van der Waals surface area contributed by atoms with Gasteiger partial charge in [0.1, 0.15) is 5.76 Å². The highest BCUT2D eigenvalue weighted by Gasteiger charge is 2.29. The molecule has 0 fully saturated rings. The highest BCUT2D eigenvalue weighted by atomic mass is 32.2. The van der Waals surface area contributed by atoms with Crippen molar-refractivity contribution in [2.75, 3.05) is 12.8 Å². The van der Waals surface area contributed by atoms with E-state index in [1.807, 2.05) is 6.92 Å². The van der Waals surface area contributed by atoms with Gasteiger partial charge in [-0.25, -0.2) is 8.42 Å². The Labute approximate surface area is 139 Å². The number of aromatic nitrogens is 3. The Hall–Kier alpha value is -2.20. The molecule has 2 N–H and O–H groups in total. The zero-order valence-corrected chi connectivity index (χ0v) is 14.5. The number of hydrogen-bond acceptors (Lipinski definition) is 6. The van der Waals surface area contributed by atoms with E-state index in [1.165, 1.54) is 10.6 Å². The molecule has 0 radical (unpaired) electrons. The van der Waals surface area contributed by atoms with Gasteiger partial charge in [-0.2, -0.15) is 9.40 Å². The van der Waals surface area contributed by atoms with Crippen molar-refractivity contribution in [3.63, 3.8) is 0 Å². The van der Waals surface area contributed by atoms with Gasteiger partial charge in [-0.05, 0) is 20.3 Å². The molecule has 1 aliphatic rings. The zero-order valence-electron chi connectivity index (χ0n) is 13.7.